The SMILES string of the molecule is COc1cc(NC(=O)C2CC23CCNCC3)c(C(N)=O)cc1OC. The van der Waals surface area contributed by atoms with Gasteiger partial charge >= 0.3 is 0 Å². The van der Waals surface area contributed by atoms with Crippen LogP contribution in [0.15, 0.2) is 12.1 Å². The predicted molar refractivity (Wildman–Crippen MR) is 89.3 cm³/mol. The van der Waals surface area contributed by atoms with Crippen molar-refractivity contribution < 1.29 is 19.1 Å². The van der Waals surface area contributed by atoms with Gasteiger partial charge in [-0.25, -0.2) is 0 Å². The number of hydrogen-bond acceptors (Lipinski definition) is 5. The third-order valence-corrected chi connectivity index (χ3v) is 5.15. The fraction of sp³-hybridized carbons (Fsp3) is 0.529. The first-order chi connectivity index (χ1) is 11.5. The Hall–Kier alpha value is -2.28. The van der Waals surface area contributed by atoms with Crippen LogP contribution in [0.2, 0.25) is 0 Å². The van der Waals surface area contributed by atoms with Gasteiger partial charge in [0, 0.05) is 12.0 Å². The molecule has 1 aromatic carbocycles. The number of nitrogens with one attached hydrogen (secondary N) is 2. The molecule has 2 aliphatic rings. The van der Waals surface area contributed by atoms with E-state index in [9.17, 15) is 9.59 Å². The van der Waals surface area contributed by atoms with E-state index in [1.807, 2.05) is 0 Å². The predicted octanol–water partition coefficient (Wildman–Crippen LogP) is 1.13. The summed E-state index contributed by atoms with van der Waals surface area (Å²) in [4.78, 5) is 24.3. The van der Waals surface area contributed by atoms with Crippen molar-refractivity contribution >= 4 is 17.5 Å². The molecule has 1 spiro atoms. The van der Waals surface area contributed by atoms with Gasteiger partial charge in [-0.1, -0.05) is 0 Å². The molecule has 1 aromatic rings. The molecule has 7 nitrogen and oxygen atoms in total. The second-order valence-electron chi connectivity index (χ2n) is 6.48. The first kappa shape index (κ1) is 16.6. The Morgan fingerprint density at radius 3 is 2.42 bits per heavy atom. The fourth-order valence-electron chi connectivity index (χ4n) is 3.60. The van der Waals surface area contributed by atoms with E-state index in [1.165, 1.54) is 20.3 Å². The van der Waals surface area contributed by atoms with Crippen molar-refractivity contribution in [2.75, 3.05) is 32.6 Å². The zero-order valence-electron chi connectivity index (χ0n) is 14.0. The summed E-state index contributed by atoms with van der Waals surface area (Å²) < 4.78 is 10.4. The van der Waals surface area contributed by atoms with E-state index in [0.717, 1.165) is 32.4 Å². The van der Waals surface area contributed by atoms with Gasteiger partial charge in [0.05, 0.1) is 25.5 Å². The molecule has 0 radical (unpaired) electrons. The van der Waals surface area contributed by atoms with E-state index in [0.29, 0.717) is 17.2 Å². The summed E-state index contributed by atoms with van der Waals surface area (Å²) in [7, 11) is 2.98. The molecule has 1 atom stereocenters. The molecule has 130 valence electrons. The minimum Gasteiger partial charge on any atom is -0.493 e. The monoisotopic (exact) mass is 333 g/mol. The average molecular weight is 333 g/mol. The van der Waals surface area contributed by atoms with E-state index < -0.39 is 5.91 Å². The van der Waals surface area contributed by atoms with Crippen molar-refractivity contribution in [1.29, 1.82) is 0 Å². The van der Waals surface area contributed by atoms with Crippen LogP contribution < -0.4 is 25.8 Å². The van der Waals surface area contributed by atoms with Crippen LogP contribution in [0.4, 0.5) is 5.69 Å². The van der Waals surface area contributed by atoms with Gasteiger partial charge in [-0.15, -0.1) is 0 Å². The zero-order chi connectivity index (χ0) is 17.3. The normalized spacial score (nSPS) is 21.2. The molecule has 1 saturated carbocycles. The number of hydrogen-bond donors (Lipinski definition) is 3. The molecule has 1 heterocycles. The molecule has 1 aliphatic carbocycles. The number of rotatable bonds is 5. The smallest absolute Gasteiger partial charge is 0.250 e. The van der Waals surface area contributed by atoms with Crippen LogP contribution in [0.25, 0.3) is 0 Å². The van der Waals surface area contributed by atoms with Crippen LogP contribution in [0, 0.1) is 11.3 Å². The Morgan fingerprint density at radius 1 is 1.21 bits per heavy atom. The van der Waals surface area contributed by atoms with Crippen molar-refractivity contribution in [3.05, 3.63) is 17.7 Å². The number of benzene rings is 1. The van der Waals surface area contributed by atoms with Crippen LogP contribution >= 0.6 is 0 Å². The van der Waals surface area contributed by atoms with Crippen molar-refractivity contribution in [3.8, 4) is 11.5 Å². The maximum absolute atomic E-state index is 12.6. The molecular weight excluding hydrogens is 310 g/mol. The van der Waals surface area contributed by atoms with Crippen LogP contribution in [0.3, 0.4) is 0 Å². The number of nitrogens with two attached hydrogens (primary N) is 1. The van der Waals surface area contributed by atoms with E-state index in [4.69, 9.17) is 15.2 Å². The van der Waals surface area contributed by atoms with Gasteiger partial charge in [-0.3, -0.25) is 9.59 Å². The maximum Gasteiger partial charge on any atom is 0.250 e. The summed E-state index contributed by atoms with van der Waals surface area (Å²) in [5.41, 5.74) is 6.13. The van der Waals surface area contributed by atoms with E-state index in [2.05, 4.69) is 10.6 Å². The molecular formula is C17H23N3O4. The zero-order valence-corrected chi connectivity index (χ0v) is 14.0. The van der Waals surface area contributed by atoms with Gasteiger partial charge < -0.3 is 25.8 Å². The number of carbonyl (C=O) groups is 2. The summed E-state index contributed by atoms with van der Waals surface area (Å²) in [6, 6.07) is 3.07. The molecule has 2 amide bonds. The minimum atomic E-state index is -0.626. The summed E-state index contributed by atoms with van der Waals surface area (Å²) in [6.45, 7) is 1.90. The lowest BCUT2D eigenvalue weighted by molar-refractivity contribution is -0.118. The third kappa shape index (κ3) is 2.91. The summed E-state index contributed by atoms with van der Waals surface area (Å²) in [5.74, 6) is 0.134. The molecule has 1 aliphatic heterocycles. The van der Waals surface area contributed by atoms with Crippen LogP contribution in [-0.4, -0.2) is 39.1 Å². The number of carbonyl (C=O) groups excluding carboxylic acids is 2. The second kappa shape index (κ2) is 6.32. The Labute approximate surface area is 140 Å². The largest absolute Gasteiger partial charge is 0.493 e. The molecule has 7 heteroatoms. The van der Waals surface area contributed by atoms with Gasteiger partial charge in [-0.05, 0) is 43.8 Å². The molecule has 0 bridgehead atoms. The van der Waals surface area contributed by atoms with Crippen LogP contribution in [-0.2, 0) is 4.79 Å². The van der Waals surface area contributed by atoms with Gasteiger partial charge in [0.15, 0.2) is 11.5 Å². The molecule has 24 heavy (non-hydrogen) atoms. The summed E-state index contributed by atoms with van der Waals surface area (Å²) >= 11 is 0. The number of ether oxygens (including phenoxy) is 2. The highest BCUT2D eigenvalue weighted by Gasteiger charge is 2.57. The molecule has 2 fully saturated rings. The number of anilines is 1. The highest BCUT2D eigenvalue weighted by Crippen LogP contribution is 2.58. The average Bonchev–Trinajstić information content (AvgIpc) is 3.27. The standard InChI is InChI=1S/C17H23N3O4/c1-23-13-7-10(15(18)21)12(8-14(13)24-2)20-16(22)11-9-17(11)3-5-19-6-4-17/h7-8,11,19H,3-6,9H2,1-2H3,(H2,18,21)(H,20,22). The Morgan fingerprint density at radius 2 is 1.83 bits per heavy atom. The Kier molecular flexibility index (Phi) is 4.36. The quantitative estimate of drug-likeness (QED) is 0.749. The lowest BCUT2D eigenvalue weighted by atomic mass is 9.91. The topological polar surface area (TPSA) is 103 Å². The molecule has 0 aromatic heterocycles. The Balaban J connectivity index is 1.81. The number of amides is 2. The highest BCUT2D eigenvalue weighted by molar-refractivity contribution is 6.05. The second-order valence-corrected chi connectivity index (χ2v) is 6.48. The maximum atomic E-state index is 12.6. The van der Waals surface area contributed by atoms with Crippen molar-refractivity contribution in [2.45, 2.75) is 19.3 Å². The number of primary amides is 1. The van der Waals surface area contributed by atoms with E-state index >= 15 is 0 Å². The first-order valence-electron chi connectivity index (χ1n) is 8.08. The van der Waals surface area contributed by atoms with Gasteiger partial charge in [0.1, 0.15) is 0 Å². The van der Waals surface area contributed by atoms with Crippen molar-refractivity contribution in [2.24, 2.45) is 17.1 Å². The van der Waals surface area contributed by atoms with Crippen LogP contribution in [0.1, 0.15) is 29.6 Å². The molecule has 4 N–H and O–H groups in total. The molecule has 1 unspecified atom stereocenters. The van der Waals surface area contributed by atoms with Crippen molar-refractivity contribution in [1.82, 2.24) is 5.32 Å². The first-order valence-corrected chi connectivity index (χ1v) is 8.08. The van der Waals surface area contributed by atoms with Gasteiger partial charge in [-0.2, -0.15) is 0 Å². The highest BCUT2D eigenvalue weighted by atomic mass is 16.5. The number of piperidine rings is 1. The van der Waals surface area contributed by atoms with Crippen LogP contribution in [0.5, 0.6) is 11.5 Å². The lowest BCUT2D eigenvalue weighted by Crippen LogP contribution is -2.32. The molecule has 3 rings (SSSR count). The van der Waals surface area contributed by atoms with E-state index in [1.54, 1.807) is 6.07 Å². The van der Waals surface area contributed by atoms with Gasteiger partial charge in [0.25, 0.3) is 5.91 Å². The summed E-state index contributed by atoms with van der Waals surface area (Å²) in [6.07, 6.45) is 2.93. The fourth-order valence-corrected chi connectivity index (χ4v) is 3.60. The van der Waals surface area contributed by atoms with Crippen molar-refractivity contribution in [3.63, 3.8) is 0 Å². The lowest BCUT2D eigenvalue weighted by Gasteiger charge is -2.23. The Bertz CT molecular complexity index is 668. The third-order valence-electron chi connectivity index (χ3n) is 5.15. The minimum absolute atomic E-state index is 0.00609. The number of methoxy groups -OCH3 is 2. The molecule has 1 saturated heterocycles. The van der Waals surface area contributed by atoms with E-state index in [-0.39, 0.29) is 22.8 Å². The van der Waals surface area contributed by atoms with Gasteiger partial charge in [0.2, 0.25) is 5.91 Å². The summed E-state index contributed by atoms with van der Waals surface area (Å²) in [5, 5.41) is 6.17.